The van der Waals surface area contributed by atoms with Crippen molar-refractivity contribution in [2.75, 3.05) is 39.6 Å². The normalized spacial score (nSPS) is 14.2. The Morgan fingerprint density at radius 2 is 0.535 bits per heavy atom. The van der Waals surface area contributed by atoms with Gasteiger partial charge < -0.3 is 33.8 Å². The molecule has 17 nitrogen and oxygen atoms in total. The first-order valence-electron chi connectivity index (χ1n) is 35.1. The van der Waals surface area contributed by atoms with Gasteiger partial charge in [-0.2, -0.15) is 0 Å². The Balaban J connectivity index is 5.23. The van der Waals surface area contributed by atoms with Crippen LogP contribution < -0.4 is 0 Å². The summed E-state index contributed by atoms with van der Waals surface area (Å²) in [6, 6.07) is 0. The highest BCUT2D eigenvalue weighted by Crippen LogP contribution is 2.45. The lowest BCUT2D eigenvalue weighted by molar-refractivity contribution is -0.161. The number of esters is 4. The minimum Gasteiger partial charge on any atom is -0.462 e. The molecule has 0 rings (SSSR count). The predicted octanol–water partition coefficient (Wildman–Crippen LogP) is 19.0. The van der Waals surface area contributed by atoms with Crippen LogP contribution in [0, 0.1) is 5.92 Å². The van der Waals surface area contributed by atoms with Crippen LogP contribution in [0.1, 0.15) is 343 Å². The van der Waals surface area contributed by atoms with E-state index in [1.165, 1.54) is 167 Å². The van der Waals surface area contributed by atoms with Crippen molar-refractivity contribution in [3.05, 3.63) is 0 Å². The Kier molecular flexibility index (Phi) is 59.2. The minimum atomic E-state index is -4.95. The molecule has 0 heterocycles. The second kappa shape index (κ2) is 60.6. The summed E-state index contributed by atoms with van der Waals surface area (Å²) in [4.78, 5) is 72.3. The number of aliphatic hydroxyl groups excluding tert-OH is 1. The van der Waals surface area contributed by atoms with Crippen LogP contribution >= 0.6 is 15.6 Å². The number of rotatable bonds is 67. The van der Waals surface area contributed by atoms with Gasteiger partial charge in [0, 0.05) is 25.7 Å². The monoisotopic (exact) mass is 1270 g/mol. The lowest BCUT2D eigenvalue weighted by atomic mass is 10.0. The summed E-state index contributed by atoms with van der Waals surface area (Å²) in [6.07, 6.45) is 45.7. The molecule has 3 N–H and O–H groups in total. The fraction of sp³-hybridized carbons (Fsp3) is 0.940. The highest BCUT2D eigenvalue weighted by Gasteiger charge is 2.30. The quantitative estimate of drug-likeness (QED) is 0.0222. The van der Waals surface area contributed by atoms with Crippen LogP contribution in [0.5, 0.6) is 0 Å². The number of phosphoric ester groups is 2. The molecule has 86 heavy (non-hydrogen) atoms. The summed E-state index contributed by atoms with van der Waals surface area (Å²) in [6.45, 7) is 7.17. The molecule has 5 atom stereocenters. The SMILES string of the molecule is CCCCCCCCCCCCCCCCCC(=O)O[C@H](COC(=O)CCCCCCCCCCC(C)C)COP(=O)(O)OC[C@@H](O)COP(=O)(O)OC[C@@H](COC(=O)CCCCCCCCCCC)OC(=O)CCCCCCCCCCCCC. The van der Waals surface area contributed by atoms with Crippen LogP contribution in [0.3, 0.4) is 0 Å². The summed E-state index contributed by atoms with van der Waals surface area (Å²) in [5, 5.41) is 10.6. The number of aliphatic hydroxyl groups is 1. The Morgan fingerprint density at radius 1 is 0.314 bits per heavy atom. The van der Waals surface area contributed by atoms with Crippen molar-refractivity contribution in [2.45, 2.75) is 361 Å². The smallest absolute Gasteiger partial charge is 0.462 e. The molecule has 0 aliphatic carbocycles. The van der Waals surface area contributed by atoms with E-state index in [1.807, 2.05) is 0 Å². The molecule has 0 radical (unpaired) electrons. The van der Waals surface area contributed by atoms with Gasteiger partial charge in [0.25, 0.3) is 0 Å². The van der Waals surface area contributed by atoms with Crippen molar-refractivity contribution in [3.8, 4) is 0 Å². The van der Waals surface area contributed by atoms with Gasteiger partial charge in [-0.3, -0.25) is 37.3 Å². The van der Waals surface area contributed by atoms with Crippen LogP contribution in [-0.2, 0) is 65.4 Å². The van der Waals surface area contributed by atoms with Gasteiger partial charge in [0.05, 0.1) is 26.4 Å². The van der Waals surface area contributed by atoms with Crippen LogP contribution in [0.15, 0.2) is 0 Å². The Bertz CT molecular complexity index is 1670. The fourth-order valence-corrected chi connectivity index (χ4v) is 11.7. The van der Waals surface area contributed by atoms with E-state index in [0.717, 1.165) is 95.8 Å². The molecular weight excluding hydrogens is 1140 g/mol. The highest BCUT2D eigenvalue weighted by molar-refractivity contribution is 7.47. The topological polar surface area (TPSA) is 237 Å². The number of hydrogen-bond acceptors (Lipinski definition) is 15. The third kappa shape index (κ3) is 60.9. The molecule has 19 heteroatoms. The number of carbonyl (C=O) groups excluding carboxylic acids is 4. The molecule has 2 unspecified atom stereocenters. The first-order chi connectivity index (χ1) is 41.5. The van der Waals surface area contributed by atoms with E-state index in [0.29, 0.717) is 25.7 Å². The third-order valence-corrected chi connectivity index (χ3v) is 17.4. The van der Waals surface area contributed by atoms with E-state index in [9.17, 15) is 43.2 Å². The summed E-state index contributed by atoms with van der Waals surface area (Å²) in [7, 11) is -9.89. The minimum absolute atomic E-state index is 0.107. The predicted molar refractivity (Wildman–Crippen MR) is 345 cm³/mol. The molecule has 0 fully saturated rings. The van der Waals surface area contributed by atoms with Crippen LogP contribution in [0.4, 0.5) is 0 Å². The van der Waals surface area contributed by atoms with E-state index in [1.54, 1.807) is 0 Å². The molecule has 510 valence electrons. The summed E-state index contributed by atoms with van der Waals surface area (Å²) >= 11 is 0. The van der Waals surface area contributed by atoms with Gasteiger partial charge in [-0.25, -0.2) is 9.13 Å². The maximum atomic E-state index is 13.0. The van der Waals surface area contributed by atoms with Gasteiger partial charge in [-0.15, -0.1) is 0 Å². The molecule has 0 aromatic heterocycles. The average molecular weight is 1270 g/mol. The number of hydrogen-bond donors (Lipinski definition) is 3. The number of phosphoric acid groups is 2. The molecule has 0 saturated carbocycles. The van der Waals surface area contributed by atoms with Gasteiger partial charge in [0.1, 0.15) is 19.3 Å². The van der Waals surface area contributed by atoms with E-state index < -0.39 is 97.5 Å². The highest BCUT2D eigenvalue weighted by atomic mass is 31.2. The maximum absolute atomic E-state index is 13.0. The van der Waals surface area contributed by atoms with Crippen LogP contribution in [0.2, 0.25) is 0 Å². The van der Waals surface area contributed by atoms with Gasteiger partial charge in [0.15, 0.2) is 12.2 Å². The first kappa shape index (κ1) is 84.1. The molecular formula is C67H130O17P2. The van der Waals surface area contributed by atoms with E-state index >= 15 is 0 Å². The number of ether oxygens (including phenoxy) is 4. The zero-order valence-corrected chi connectivity index (χ0v) is 57.2. The Morgan fingerprint density at radius 3 is 0.791 bits per heavy atom. The van der Waals surface area contributed by atoms with Crippen molar-refractivity contribution in [2.24, 2.45) is 5.92 Å². The van der Waals surface area contributed by atoms with E-state index in [2.05, 4.69) is 34.6 Å². The molecule has 0 amide bonds. The molecule has 0 spiro atoms. The third-order valence-electron chi connectivity index (χ3n) is 15.5. The van der Waals surface area contributed by atoms with Gasteiger partial charge >= 0.3 is 39.5 Å². The number of unbranched alkanes of at least 4 members (excludes halogenated alkanes) is 39. The lowest BCUT2D eigenvalue weighted by Gasteiger charge is -2.21. The Hall–Kier alpha value is -1.94. The lowest BCUT2D eigenvalue weighted by Crippen LogP contribution is -2.30. The molecule has 0 aliphatic rings. The standard InChI is InChI=1S/C67H130O17P2/c1-6-9-12-15-18-21-23-24-25-26-28-31-38-43-48-53-67(72)84-63(57-78-65(70)51-46-41-36-33-32-34-39-44-49-60(4)5)59-82-86(75,76)80-55-61(68)54-79-85(73,74)81-58-62(56-77-64(69)50-45-40-35-29-20-17-14-11-8-3)83-66(71)52-47-42-37-30-27-22-19-16-13-10-7-2/h60-63,68H,6-59H2,1-5H3,(H,73,74)(H,75,76)/t61-,62+,63+/m0/s1. The molecule has 0 saturated heterocycles. The van der Waals surface area contributed by atoms with Crippen molar-refractivity contribution in [1.29, 1.82) is 0 Å². The fourth-order valence-electron chi connectivity index (χ4n) is 10.1. The largest absolute Gasteiger partial charge is 0.472 e. The zero-order valence-electron chi connectivity index (χ0n) is 55.4. The van der Waals surface area contributed by atoms with E-state index in [4.69, 9.17) is 37.0 Å². The molecule has 0 aliphatic heterocycles. The first-order valence-corrected chi connectivity index (χ1v) is 38.1. The van der Waals surface area contributed by atoms with Gasteiger partial charge in [-0.05, 0) is 31.6 Å². The Labute approximate surface area is 524 Å². The molecule has 0 aromatic rings. The van der Waals surface area contributed by atoms with Crippen LogP contribution in [-0.4, -0.2) is 96.7 Å². The number of carbonyl (C=O) groups is 4. The van der Waals surface area contributed by atoms with Gasteiger partial charge in [0.2, 0.25) is 0 Å². The van der Waals surface area contributed by atoms with Crippen LogP contribution in [0.25, 0.3) is 0 Å². The second-order valence-corrected chi connectivity index (χ2v) is 27.6. The maximum Gasteiger partial charge on any atom is 0.472 e. The average Bonchev–Trinajstić information content (AvgIpc) is 3.65. The summed E-state index contributed by atoms with van der Waals surface area (Å²) < 4.78 is 68.1. The van der Waals surface area contributed by atoms with Crippen molar-refractivity contribution in [1.82, 2.24) is 0 Å². The molecule has 0 aromatic carbocycles. The zero-order chi connectivity index (χ0) is 63.5. The summed E-state index contributed by atoms with van der Waals surface area (Å²) in [5.74, 6) is -1.40. The van der Waals surface area contributed by atoms with Crippen molar-refractivity contribution >= 4 is 39.5 Å². The van der Waals surface area contributed by atoms with Gasteiger partial charge in [-0.1, -0.05) is 291 Å². The van der Waals surface area contributed by atoms with E-state index in [-0.39, 0.29) is 25.7 Å². The van der Waals surface area contributed by atoms with Crippen molar-refractivity contribution in [3.63, 3.8) is 0 Å². The summed E-state index contributed by atoms with van der Waals surface area (Å²) in [5.41, 5.74) is 0. The van der Waals surface area contributed by atoms with Crippen molar-refractivity contribution < 1.29 is 80.2 Å². The second-order valence-electron chi connectivity index (χ2n) is 24.7. The molecule has 0 bridgehead atoms.